The number of pyridine rings is 1. The van der Waals surface area contributed by atoms with Gasteiger partial charge in [0.1, 0.15) is 5.69 Å². The lowest BCUT2D eigenvalue weighted by Gasteiger charge is -2.44. The molecule has 3 rings (SSSR count). The van der Waals surface area contributed by atoms with Gasteiger partial charge in [-0.25, -0.2) is 0 Å². The fourth-order valence-corrected chi connectivity index (χ4v) is 3.09. The zero-order chi connectivity index (χ0) is 15.6. The van der Waals surface area contributed by atoms with E-state index in [4.69, 9.17) is 4.74 Å². The Morgan fingerprint density at radius 3 is 2.59 bits per heavy atom. The number of ether oxygens (including phenoxy) is 1. The first-order valence-electron chi connectivity index (χ1n) is 7.56. The minimum Gasteiger partial charge on any atom is -0.372 e. The topological polar surface area (TPSA) is 37.4 Å². The van der Waals surface area contributed by atoms with Gasteiger partial charge >= 0.3 is 6.18 Å². The molecule has 4 nitrogen and oxygen atoms in total. The van der Waals surface area contributed by atoms with Gasteiger partial charge in [-0.05, 0) is 24.5 Å². The zero-order valence-electron chi connectivity index (χ0n) is 12.3. The monoisotopic (exact) mass is 315 g/mol. The van der Waals surface area contributed by atoms with Crippen molar-refractivity contribution in [2.75, 3.05) is 32.8 Å². The molecule has 0 bridgehead atoms. The fourth-order valence-electron chi connectivity index (χ4n) is 3.09. The Morgan fingerprint density at radius 1 is 1.27 bits per heavy atom. The molecule has 0 unspecified atom stereocenters. The van der Waals surface area contributed by atoms with Crippen LogP contribution in [0.5, 0.6) is 0 Å². The Hall–Kier alpha value is -1.18. The molecule has 122 valence electrons. The average Bonchev–Trinajstić information content (AvgIpc) is 2.50. The molecule has 1 spiro atoms. The van der Waals surface area contributed by atoms with E-state index in [2.05, 4.69) is 15.2 Å². The smallest absolute Gasteiger partial charge is 0.372 e. The first-order chi connectivity index (χ1) is 10.5. The third-order valence-corrected chi connectivity index (χ3v) is 4.42. The van der Waals surface area contributed by atoms with Gasteiger partial charge in [0.15, 0.2) is 0 Å². The molecule has 2 saturated heterocycles. The molecule has 3 heterocycles. The predicted octanol–water partition coefficient (Wildman–Crippen LogP) is 2.05. The number of nitrogens with one attached hydrogen (secondary N) is 1. The van der Waals surface area contributed by atoms with E-state index < -0.39 is 11.9 Å². The van der Waals surface area contributed by atoms with Crippen molar-refractivity contribution in [3.05, 3.63) is 29.6 Å². The van der Waals surface area contributed by atoms with E-state index in [1.807, 2.05) is 0 Å². The van der Waals surface area contributed by atoms with Crippen LogP contribution in [0.1, 0.15) is 24.1 Å². The first-order valence-corrected chi connectivity index (χ1v) is 7.56. The Morgan fingerprint density at radius 2 is 2.05 bits per heavy atom. The summed E-state index contributed by atoms with van der Waals surface area (Å²) in [6.07, 6.45) is -1.14. The van der Waals surface area contributed by atoms with E-state index in [1.54, 1.807) is 0 Å². The van der Waals surface area contributed by atoms with Crippen LogP contribution in [-0.2, 0) is 17.5 Å². The largest absolute Gasteiger partial charge is 0.433 e. The van der Waals surface area contributed by atoms with Crippen molar-refractivity contribution in [1.29, 1.82) is 0 Å². The summed E-state index contributed by atoms with van der Waals surface area (Å²) in [5.74, 6) is 0. The van der Waals surface area contributed by atoms with Crippen LogP contribution in [-0.4, -0.2) is 48.3 Å². The summed E-state index contributed by atoms with van der Waals surface area (Å²) in [6.45, 7) is 4.97. The van der Waals surface area contributed by atoms with Crippen molar-refractivity contribution in [3.63, 3.8) is 0 Å². The fraction of sp³-hybridized carbons (Fsp3) is 0.667. The molecule has 0 saturated carbocycles. The molecule has 2 aliphatic rings. The maximum absolute atomic E-state index is 12.5. The maximum Gasteiger partial charge on any atom is 0.433 e. The molecule has 0 aromatic carbocycles. The highest BCUT2D eigenvalue weighted by Gasteiger charge is 2.37. The van der Waals surface area contributed by atoms with Crippen molar-refractivity contribution in [2.24, 2.45) is 0 Å². The number of hydrogen-bond acceptors (Lipinski definition) is 4. The molecule has 7 heteroatoms. The van der Waals surface area contributed by atoms with Crippen molar-refractivity contribution in [1.82, 2.24) is 15.2 Å². The maximum atomic E-state index is 12.5. The van der Waals surface area contributed by atoms with Gasteiger partial charge in [-0.2, -0.15) is 13.2 Å². The zero-order valence-corrected chi connectivity index (χ0v) is 12.3. The number of nitrogens with zero attached hydrogens (tertiary/aromatic N) is 2. The second-order valence-corrected chi connectivity index (χ2v) is 6.03. The van der Waals surface area contributed by atoms with Gasteiger partial charge in [0.05, 0.1) is 12.2 Å². The van der Waals surface area contributed by atoms with Crippen molar-refractivity contribution in [3.8, 4) is 0 Å². The standard InChI is InChI=1S/C15H20F3N3O/c16-15(17,18)13-2-1-12(9-20-13)10-21-6-3-14(4-7-21)11-19-5-8-22-14/h1-2,9,19H,3-8,10-11H2. The van der Waals surface area contributed by atoms with Gasteiger partial charge in [0, 0.05) is 38.9 Å². The van der Waals surface area contributed by atoms with E-state index in [9.17, 15) is 13.2 Å². The number of piperidine rings is 1. The molecule has 0 aliphatic carbocycles. The van der Waals surface area contributed by atoms with Crippen molar-refractivity contribution in [2.45, 2.75) is 31.2 Å². The Bertz CT molecular complexity index is 488. The number of morpholine rings is 1. The van der Waals surface area contributed by atoms with E-state index >= 15 is 0 Å². The minimum absolute atomic E-state index is 0.0485. The van der Waals surface area contributed by atoms with Crippen molar-refractivity contribution >= 4 is 0 Å². The van der Waals surface area contributed by atoms with E-state index in [0.29, 0.717) is 6.54 Å². The van der Waals surface area contributed by atoms with Crippen LogP contribution in [0.15, 0.2) is 18.3 Å². The van der Waals surface area contributed by atoms with Crippen LogP contribution in [0.25, 0.3) is 0 Å². The van der Waals surface area contributed by atoms with Crippen LogP contribution < -0.4 is 5.32 Å². The van der Waals surface area contributed by atoms with Gasteiger partial charge in [0.2, 0.25) is 0 Å². The van der Waals surface area contributed by atoms with Gasteiger partial charge in [-0.15, -0.1) is 0 Å². The number of likely N-dealkylation sites (tertiary alicyclic amines) is 1. The number of hydrogen-bond donors (Lipinski definition) is 1. The molecule has 22 heavy (non-hydrogen) atoms. The summed E-state index contributed by atoms with van der Waals surface area (Å²) in [7, 11) is 0. The molecule has 2 aliphatic heterocycles. The molecule has 0 atom stereocenters. The molecule has 2 fully saturated rings. The lowest BCUT2D eigenvalue weighted by Crippen LogP contribution is -2.55. The summed E-state index contributed by atoms with van der Waals surface area (Å²) >= 11 is 0. The first kappa shape index (κ1) is 15.7. The summed E-state index contributed by atoms with van der Waals surface area (Å²) in [5.41, 5.74) is -0.0742. The minimum atomic E-state index is -4.37. The van der Waals surface area contributed by atoms with Gasteiger partial charge in [-0.1, -0.05) is 6.07 Å². The molecule has 0 radical (unpaired) electrons. The van der Waals surface area contributed by atoms with E-state index in [-0.39, 0.29) is 5.60 Å². The third kappa shape index (κ3) is 3.59. The lowest BCUT2D eigenvalue weighted by molar-refractivity contribution is -0.141. The molecule has 1 aromatic heterocycles. The van der Waals surface area contributed by atoms with Crippen LogP contribution in [0.4, 0.5) is 13.2 Å². The molecule has 0 amide bonds. The normalized spacial score (nSPS) is 22.9. The summed E-state index contributed by atoms with van der Waals surface area (Å²) in [6, 6.07) is 2.56. The van der Waals surface area contributed by atoms with Crippen LogP contribution in [0.3, 0.4) is 0 Å². The molecular weight excluding hydrogens is 295 g/mol. The van der Waals surface area contributed by atoms with Crippen LogP contribution in [0, 0.1) is 0 Å². The highest BCUT2D eigenvalue weighted by molar-refractivity contribution is 5.16. The van der Waals surface area contributed by atoms with Crippen molar-refractivity contribution < 1.29 is 17.9 Å². The van der Waals surface area contributed by atoms with Gasteiger partial charge < -0.3 is 10.1 Å². The SMILES string of the molecule is FC(F)(F)c1ccc(CN2CCC3(CC2)CNCCO3)cn1. The Labute approximate surface area is 127 Å². The highest BCUT2D eigenvalue weighted by Crippen LogP contribution is 2.29. The average molecular weight is 315 g/mol. The molecule has 1 N–H and O–H groups in total. The Kier molecular flexibility index (Phi) is 4.38. The summed E-state index contributed by atoms with van der Waals surface area (Å²) in [4.78, 5) is 5.76. The van der Waals surface area contributed by atoms with E-state index in [0.717, 1.165) is 57.3 Å². The van der Waals surface area contributed by atoms with Gasteiger partial charge in [-0.3, -0.25) is 9.88 Å². The highest BCUT2D eigenvalue weighted by atomic mass is 19.4. The van der Waals surface area contributed by atoms with Crippen LogP contribution in [0.2, 0.25) is 0 Å². The number of halogens is 3. The summed E-state index contributed by atoms with van der Waals surface area (Å²) < 4.78 is 43.4. The Balaban J connectivity index is 1.54. The third-order valence-electron chi connectivity index (χ3n) is 4.42. The summed E-state index contributed by atoms with van der Waals surface area (Å²) in [5, 5.41) is 3.37. The number of alkyl halides is 3. The lowest BCUT2D eigenvalue weighted by atomic mass is 9.90. The number of aromatic nitrogens is 1. The predicted molar refractivity (Wildman–Crippen MR) is 75.3 cm³/mol. The second kappa shape index (κ2) is 6.14. The molecular formula is C15H20F3N3O. The van der Waals surface area contributed by atoms with Gasteiger partial charge in [0.25, 0.3) is 0 Å². The molecule has 1 aromatic rings. The number of rotatable bonds is 2. The second-order valence-electron chi connectivity index (χ2n) is 6.03. The van der Waals surface area contributed by atoms with Crippen LogP contribution >= 0.6 is 0 Å². The van der Waals surface area contributed by atoms with E-state index in [1.165, 1.54) is 12.3 Å². The quantitative estimate of drug-likeness (QED) is 0.906.